The van der Waals surface area contributed by atoms with E-state index in [1.165, 1.54) is 10.6 Å². The molecule has 14 heteroatoms. The Kier molecular flexibility index (Phi) is 7.53. The Balaban J connectivity index is 2.06. The minimum absolute atomic E-state index is 0.00388. The molecule has 194 valence electrons. The van der Waals surface area contributed by atoms with Crippen LogP contribution in [0.15, 0.2) is 30.3 Å². The Hall–Kier alpha value is -3.35. The van der Waals surface area contributed by atoms with Gasteiger partial charge in [0.2, 0.25) is 0 Å². The van der Waals surface area contributed by atoms with Gasteiger partial charge in [0.1, 0.15) is 22.3 Å². The summed E-state index contributed by atoms with van der Waals surface area (Å²) in [7, 11) is 0. The van der Waals surface area contributed by atoms with Crippen LogP contribution >= 0.6 is 11.6 Å². The monoisotopic (exact) mass is 539 g/mol. The van der Waals surface area contributed by atoms with E-state index in [-0.39, 0.29) is 52.7 Å². The zero-order valence-corrected chi connectivity index (χ0v) is 19.3. The third-order valence-electron chi connectivity index (χ3n) is 5.10. The molecule has 3 rings (SSSR count). The molecular formula is C22H17ClF7N3O3. The van der Waals surface area contributed by atoms with Crippen LogP contribution in [0.2, 0.25) is 5.15 Å². The van der Waals surface area contributed by atoms with Gasteiger partial charge in [-0.15, -0.1) is 0 Å². The molecule has 36 heavy (non-hydrogen) atoms. The first-order valence-corrected chi connectivity index (χ1v) is 10.7. The Bertz CT molecular complexity index is 1320. The van der Waals surface area contributed by atoms with E-state index in [0.717, 1.165) is 6.07 Å². The van der Waals surface area contributed by atoms with Gasteiger partial charge in [0.05, 0.1) is 17.7 Å². The molecule has 0 bridgehead atoms. The highest BCUT2D eigenvalue weighted by molar-refractivity contribution is 6.33. The molecule has 2 heterocycles. The molecule has 0 aliphatic carbocycles. The van der Waals surface area contributed by atoms with E-state index in [1.54, 1.807) is 19.2 Å². The number of hydrogen-bond donors (Lipinski definition) is 1. The largest absolute Gasteiger partial charge is 0.462 e. The molecule has 1 N–H and O–H groups in total. The predicted octanol–water partition coefficient (Wildman–Crippen LogP) is 6.08. The number of hydrogen-bond acceptors (Lipinski definition) is 4. The van der Waals surface area contributed by atoms with Crippen LogP contribution < -0.4 is 5.32 Å². The highest BCUT2D eigenvalue weighted by Crippen LogP contribution is 2.38. The van der Waals surface area contributed by atoms with Gasteiger partial charge in [-0.1, -0.05) is 17.7 Å². The smallest absolute Gasteiger partial charge is 0.419 e. The zero-order chi connectivity index (χ0) is 27.0. The second-order valence-corrected chi connectivity index (χ2v) is 7.78. The van der Waals surface area contributed by atoms with E-state index in [2.05, 4.69) is 4.98 Å². The van der Waals surface area contributed by atoms with Gasteiger partial charge in [-0.3, -0.25) is 4.79 Å². The molecule has 0 saturated carbocycles. The lowest BCUT2D eigenvalue weighted by atomic mass is 10.0. The number of nitrogens with one attached hydrogen (secondary N) is 1. The number of benzene rings is 1. The highest BCUT2D eigenvalue weighted by Gasteiger charge is 2.44. The van der Waals surface area contributed by atoms with Gasteiger partial charge in [-0.25, -0.2) is 14.2 Å². The number of alkyl halides is 6. The topological polar surface area (TPSA) is 73.2 Å². The Morgan fingerprint density at radius 3 is 2.33 bits per heavy atom. The van der Waals surface area contributed by atoms with Crippen molar-refractivity contribution in [1.82, 2.24) is 14.9 Å². The second-order valence-electron chi connectivity index (χ2n) is 7.42. The maximum absolute atomic E-state index is 13.8. The lowest BCUT2D eigenvalue weighted by Gasteiger charge is -2.23. The van der Waals surface area contributed by atoms with Crippen LogP contribution in [0, 0.1) is 5.82 Å². The van der Waals surface area contributed by atoms with Crippen LogP contribution in [0.1, 0.15) is 51.9 Å². The van der Waals surface area contributed by atoms with Crippen molar-refractivity contribution in [3.05, 3.63) is 63.7 Å². The Morgan fingerprint density at radius 2 is 1.78 bits per heavy atom. The number of carbonyl (C=O) groups excluding carboxylic acids is 2. The molecule has 0 spiro atoms. The minimum Gasteiger partial charge on any atom is -0.462 e. The SMILES string of the molecule is CCOC(=O)c1cc2cc(C(=O)NC(c3ccc(F)c(C(F)(F)F)c3)C(F)(F)F)n(CC)c2nc1Cl. The summed E-state index contributed by atoms with van der Waals surface area (Å²) in [6, 6.07) is 0.264. The maximum atomic E-state index is 13.8. The molecule has 0 radical (unpaired) electrons. The van der Waals surface area contributed by atoms with Gasteiger partial charge >= 0.3 is 18.3 Å². The summed E-state index contributed by atoms with van der Waals surface area (Å²) in [6.45, 7) is 3.19. The van der Waals surface area contributed by atoms with E-state index in [4.69, 9.17) is 16.3 Å². The predicted molar refractivity (Wildman–Crippen MR) is 114 cm³/mol. The fourth-order valence-corrected chi connectivity index (χ4v) is 3.73. The van der Waals surface area contributed by atoms with Gasteiger partial charge in [0.25, 0.3) is 5.91 Å². The number of halogens is 8. The van der Waals surface area contributed by atoms with Crippen molar-refractivity contribution in [2.24, 2.45) is 0 Å². The summed E-state index contributed by atoms with van der Waals surface area (Å²) in [5.74, 6) is -3.87. The number of carbonyl (C=O) groups is 2. The van der Waals surface area contributed by atoms with Crippen molar-refractivity contribution < 1.29 is 45.1 Å². The van der Waals surface area contributed by atoms with Crippen molar-refractivity contribution >= 4 is 34.5 Å². The molecule has 0 saturated heterocycles. The minimum atomic E-state index is -5.25. The quantitative estimate of drug-likeness (QED) is 0.234. The van der Waals surface area contributed by atoms with E-state index in [1.807, 2.05) is 0 Å². The molecule has 1 atom stereocenters. The summed E-state index contributed by atoms with van der Waals surface area (Å²) in [4.78, 5) is 29.0. The third-order valence-corrected chi connectivity index (χ3v) is 5.39. The molecule has 0 aliphatic rings. The summed E-state index contributed by atoms with van der Waals surface area (Å²) < 4.78 is 100. The van der Waals surface area contributed by atoms with Gasteiger partial charge in [0.15, 0.2) is 6.04 Å². The average Bonchev–Trinajstić information content (AvgIpc) is 3.13. The number of esters is 1. The van der Waals surface area contributed by atoms with Crippen molar-refractivity contribution in [3.63, 3.8) is 0 Å². The fraction of sp³-hybridized carbons (Fsp3) is 0.318. The lowest BCUT2D eigenvalue weighted by Crippen LogP contribution is -2.39. The first-order chi connectivity index (χ1) is 16.7. The number of amides is 1. The van der Waals surface area contributed by atoms with E-state index < -0.39 is 47.2 Å². The number of pyridine rings is 1. The van der Waals surface area contributed by atoms with E-state index >= 15 is 0 Å². The number of ether oxygens (including phenoxy) is 1. The molecule has 0 fully saturated rings. The van der Waals surface area contributed by atoms with E-state index in [0.29, 0.717) is 6.07 Å². The Labute approximate surface area is 204 Å². The zero-order valence-electron chi connectivity index (χ0n) is 18.5. The normalized spacial score (nSPS) is 13.1. The standard InChI is InChI=1S/C22H17ClF7N3O3/c1-3-33-15(9-11-7-12(20(35)36-4-2)17(23)32-18(11)33)19(34)31-16(22(28,29)30)10-5-6-14(24)13(8-10)21(25,26)27/h5-9,16H,3-4H2,1-2H3,(H,31,34). The molecule has 2 aromatic heterocycles. The van der Waals surface area contributed by atoms with Crippen molar-refractivity contribution in [2.45, 2.75) is 38.8 Å². The van der Waals surface area contributed by atoms with Gasteiger partial charge in [-0.2, -0.15) is 26.3 Å². The van der Waals surface area contributed by atoms with Crippen LogP contribution in [0.5, 0.6) is 0 Å². The molecule has 1 aromatic carbocycles. The van der Waals surface area contributed by atoms with Gasteiger partial charge < -0.3 is 14.6 Å². The molecule has 6 nitrogen and oxygen atoms in total. The molecule has 1 unspecified atom stereocenters. The molecular weight excluding hydrogens is 523 g/mol. The van der Waals surface area contributed by atoms with Crippen molar-refractivity contribution in [3.8, 4) is 0 Å². The summed E-state index contributed by atoms with van der Waals surface area (Å²) in [6.07, 6.45) is -10.5. The van der Waals surface area contributed by atoms with Crippen LogP contribution in [-0.4, -0.2) is 34.2 Å². The van der Waals surface area contributed by atoms with Crippen LogP contribution in [0.25, 0.3) is 11.0 Å². The van der Waals surface area contributed by atoms with Crippen molar-refractivity contribution in [2.75, 3.05) is 6.61 Å². The number of aryl methyl sites for hydroxylation is 1. The maximum Gasteiger partial charge on any atom is 0.419 e. The first kappa shape index (κ1) is 27.2. The fourth-order valence-electron chi connectivity index (χ4n) is 3.52. The summed E-state index contributed by atoms with van der Waals surface area (Å²) in [5.41, 5.74) is -3.31. The summed E-state index contributed by atoms with van der Waals surface area (Å²) >= 11 is 6.04. The van der Waals surface area contributed by atoms with Gasteiger partial charge in [0, 0.05) is 11.9 Å². The number of fused-ring (bicyclic) bond motifs is 1. The van der Waals surface area contributed by atoms with Crippen LogP contribution in [0.3, 0.4) is 0 Å². The molecule has 0 aliphatic heterocycles. The third kappa shape index (κ3) is 5.40. The lowest BCUT2D eigenvalue weighted by molar-refractivity contribution is -0.156. The van der Waals surface area contributed by atoms with Crippen LogP contribution in [-0.2, 0) is 17.5 Å². The highest BCUT2D eigenvalue weighted by atomic mass is 35.5. The Morgan fingerprint density at radius 1 is 1.11 bits per heavy atom. The van der Waals surface area contributed by atoms with Crippen molar-refractivity contribution in [1.29, 1.82) is 0 Å². The van der Waals surface area contributed by atoms with Crippen LogP contribution in [0.4, 0.5) is 30.7 Å². The number of nitrogens with zero attached hydrogens (tertiary/aromatic N) is 2. The second kappa shape index (κ2) is 9.96. The number of aromatic nitrogens is 2. The summed E-state index contributed by atoms with van der Waals surface area (Å²) in [5, 5.41) is 1.58. The average molecular weight is 540 g/mol. The number of rotatable bonds is 6. The molecule has 1 amide bonds. The first-order valence-electron chi connectivity index (χ1n) is 10.3. The molecule has 3 aromatic rings. The van der Waals surface area contributed by atoms with Gasteiger partial charge in [-0.05, 0) is 43.7 Å². The van der Waals surface area contributed by atoms with E-state index in [9.17, 15) is 40.3 Å².